The van der Waals surface area contributed by atoms with Gasteiger partial charge in [0, 0.05) is 6.04 Å². The predicted octanol–water partition coefficient (Wildman–Crippen LogP) is 2.77. The van der Waals surface area contributed by atoms with Gasteiger partial charge in [0.25, 0.3) is 0 Å². The molecule has 0 unspecified atom stereocenters. The zero-order valence-corrected chi connectivity index (χ0v) is 11.6. The van der Waals surface area contributed by atoms with Gasteiger partial charge in [-0.15, -0.1) is 0 Å². The number of hydrogen-bond donors (Lipinski definition) is 2. The van der Waals surface area contributed by atoms with Gasteiger partial charge in [-0.3, -0.25) is 4.79 Å². The molecule has 104 valence electrons. The van der Waals surface area contributed by atoms with Gasteiger partial charge in [0.05, 0.1) is 0 Å². The summed E-state index contributed by atoms with van der Waals surface area (Å²) in [6.45, 7) is 2.24. The molecular weight excluding hydrogens is 236 g/mol. The standard InChI is InChI=1S/C16H24N2O/c1-2-12-8-10-14(11-9-12)18-16(19)15(17)13-6-4-3-5-7-13/h3-7,12,14-15H,2,8-11,17H2,1H3,(H,18,19)/t12?,14?,15-/m0/s1. The van der Waals surface area contributed by atoms with Crippen LogP contribution in [-0.4, -0.2) is 11.9 Å². The molecule has 1 saturated carbocycles. The number of hydrogen-bond acceptors (Lipinski definition) is 2. The molecule has 3 heteroatoms. The Morgan fingerprint density at radius 2 is 1.89 bits per heavy atom. The highest BCUT2D eigenvalue weighted by atomic mass is 16.2. The fourth-order valence-electron chi connectivity index (χ4n) is 2.82. The second-order valence-electron chi connectivity index (χ2n) is 5.52. The lowest BCUT2D eigenvalue weighted by Gasteiger charge is -2.29. The smallest absolute Gasteiger partial charge is 0.241 e. The molecule has 1 aromatic carbocycles. The zero-order chi connectivity index (χ0) is 13.7. The van der Waals surface area contributed by atoms with E-state index in [0.29, 0.717) is 6.04 Å². The second-order valence-corrected chi connectivity index (χ2v) is 5.52. The molecule has 2 rings (SSSR count). The van der Waals surface area contributed by atoms with Crippen molar-refractivity contribution in [1.29, 1.82) is 0 Å². The molecule has 1 aromatic rings. The molecule has 1 fully saturated rings. The van der Waals surface area contributed by atoms with Crippen LogP contribution in [0, 0.1) is 5.92 Å². The first kappa shape index (κ1) is 14.1. The zero-order valence-electron chi connectivity index (χ0n) is 11.6. The molecule has 1 amide bonds. The normalized spacial score (nSPS) is 24.7. The van der Waals surface area contributed by atoms with Gasteiger partial charge in [0.15, 0.2) is 0 Å². The van der Waals surface area contributed by atoms with E-state index >= 15 is 0 Å². The van der Waals surface area contributed by atoms with Gasteiger partial charge in [-0.25, -0.2) is 0 Å². The first-order valence-corrected chi connectivity index (χ1v) is 7.31. The summed E-state index contributed by atoms with van der Waals surface area (Å²) in [7, 11) is 0. The van der Waals surface area contributed by atoms with Crippen LogP contribution in [0.15, 0.2) is 30.3 Å². The van der Waals surface area contributed by atoms with Crippen molar-refractivity contribution < 1.29 is 4.79 Å². The van der Waals surface area contributed by atoms with Crippen molar-refractivity contribution in [3.8, 4) is 0 Å². The van der Waals surface area contributed by atoms with Gasteiger partial charge in [-0.1, -0.05) is 43.7 Å². The molecule has 0 radical (unpaired) electrons. The molecule has 1 aliphatic rings. The fourth-order valence-corrected chi connectivity index (χ4v) is 2.82. The molecule has 0 aliphatic heterocycles. The molecule has 1 aliphatic carbocycles. The first-order valence-electron chi connectivity index (χ1n) is 7.31. The number of benzene rings is 1. The van der Waals surface area contributed by atoms with Crippen LogP contribution in [0.2, 0.25) is 0 Å². The molecule has 1 atom stereocenters. The molecule has 19 heavy (non-hydrogen) atoms. The quantitative estimate of drug-likeness (QED) is 0.874. The van der Waals surface area contributed by atoms with E-state index in [-0.39, 0.29) is 5.91 Å². The summed E-state index contributed by atoms with van der Waals surface area (Å²) in [6, 6.07) is 9.32. The Balaban J connectivity index is 1.85. The number of rotatable bonds is 4. The van der Waals surface area contributed by atoms with Crippen molar-refractivity contribution in [2.45, 2.75) is 51.1 Å². The van der Waals surface area contributed by atoms with E-state index in [1.807, 2.05) is 30.3 Å². The predicted molar refractivity (Wildman–Crippen MR) is 77.6 cm³/mol. The summed E-state index contributed by atoms with van der Waals surface area (Å²) in [5.74, 6) is 0.794. The molecular formula is C16H24N2O. The lowest BCUT2D eigenvalue weighted by molar-refractivity contribution is -0.123. The van der Waals surface area contributed by atoms with Gasteiger partial charge < -0.3 is 11.1 Å². The minimum atomic E-state index is -0.551. The maximum absolute atomic E-state index is 12.1. The van der Waals surface area contributed by atoms with Crippen LogP contribution >= 0.6 is 0 Å². The van der Waals surface area contributed by atoms with Gasteiger partial charge in [-0.2, -0.15) is 0 Å². The third kappa shape index (κ3) is 3.80. The summed E-state index contributed by atoms with van der Waals surface area (Å²) in [5.41, 5.74) is 6.87. The molecule has 0 heterocycles. The van der Waals surface area contributed by atoms with Crippen LogP contribution in [0.5, 0.6) is 0 Å². The minimum Gasteiger partial charge on any atom is -0.352 e. The highest BCUT2D eigenvalue weighted by Crippen LogP contribution is 2.26. The van der Waals surface area contributed by atoms with E-state index in [0.717, 1.165) is 24.3 Å². The van der Waals surface area contributed by atoms with Crippen molar-refractivity contribution in [1.82, 2.24) is 5.32 Å². The van der Waals surface area contributed by atoms with E-state index in [9.17, 15) is 4.79 Å². The Hall–Kier alpha value is -1.35. The largest absolute Gasteiger partial charge is 0.352 e. The van der Waals surface area contributed by atoms with Crippen molar-refractivity contribution in [2.75, 3.05) is 0 Å². The lowest BCUT2D eigenvalue weighted by atomic mass is 9.84. The molecule has 0 aromatic heterocycles. The van der Waals surface area contributed by atoms with E-state index in [1.54, 1.807) is 0 Å². The molecule has 3 N–H and O–H groups in total. The molecule has 0 saturated heterocycles. The average Bonchev–Trinajstić information content (AvgIpc) is 2.48. The Bertz CT molecular complexity index is 396. The van der Waals surface area contributed by atoms with Crippen molar-refractivity contribution in [3.05, 3.63) is 35.9 Å². The van der Waals surface area contributed by atoms with Gasteiger partial charge in [0.1, 0.15) is 6.04 Å². The summed E-state index contributed by atoms with van der Waals surface area (Å²) in [5, 5.41) is 3.10. The maximum Gasteiger partial charge on any atom is 0.241 e. The number of carbonyl (C=O) groups excluding carboxylic acids is 1. The Morgan fingerprint density at radius 3 is 2.47 bits per heavy atom. The summed E-state index contributed by atoms with van der Waals surface area (Å²) in [6.07, 6.45) is 5.88. The van der Waals surface area contributed by atoms with Gasteiger partial charge in [0.2, 0.25) is 5.91 Å². The monoisotopic (exact) mass is 260 g/mol. The van der Waals surface area contributed by atoms with E-state index in [4.69, 9.17) is 5.73 Å². The van der Waals surface area contributed by atoms with Crippen LogP contribution < -0.4 is 11.1 Å². The van der Waals surface area contributed by atoms with E-state index < -0.39 is 6.04 Å². The van der Waals surface area contributed by atoms with Crippen molar-refractivity contribution in [3.63, 3.8) is 0 Å². The molecule has 3 nitrogen and oxygen atoms in total. The average molecular weight is 260 g/mol. The Labute approximate surface area is 115 Å². The lowest BCUT2D eigenvalue weighted by Crippen LogP contribution is -2.42. The van der Waals surface area contributed by atoms with Crippen molar-refractivity contribution >= 4 is 5.91 Å². The topological polar surface area (TPSA) is 55.1 Å². The summed E-state index contributed by atoms with van der Waals surface area (Å²) < 4.78 is 0. The number of nitrogens with two attached hydrogens (primary N) is 1. The summed E-state index contributed by atoms with van der Waals surface area (Å²) >= 11 is 0. The number of amides is 1. The van der Waals surface area contributed by atoms with Crippen LogP contribution in [0.3, 0.4) is 0 Å². The highest BCUT2D eigenvalue weighted by molar-refractivity contribution is 5.83. The number of nitrogens with one attached hydrogen (secondary N) is 1. The van der Waals surface area contributed by atoms with E-state index in [2.05, 4.69) is 12.2 Å². The third-order valence-electron chi connectivity index (χ3n) is 4.21. The fraction of sp³-hybridized carbons (Fsp3) is 0.562. The van der Waals surface area contributed by atoms with Crippen molar-refractivity contribution in [2.24, 2.45) is 11.7 Å². The first-order chi connectivity index (χ1) is 9.20. The maximum atomic E-state index is 12.1. The third-order valence-corrected chi connectivity index (χ3v) is 4.21. The molecule has 0 bridgehead atoms. The number of carbonyl (C=O) groups is 1. The minimum absolute atomic E-state index is 0.0499. The van der Waals surface area contributed by atoms with Crippen LogP contribution in [-0.2, 0) is 4.79 Å². The second kappa shape index (κ2) is 6.71. The Morgan fingerprint density at radius 1 is 1.26 bits per heavy atom. The highest BCUT2D eigenvalue weighted by Gasteiger charge is 2.23. The van der Waals surface area contributed by atoms with E-state index in [1.165, 1.54) is 19.3 Å². The van der Waals surface area contributed by atoms with Crippen LogP contribution in [0.1, 0.15) is 50.6 Å². The molecule has 0 spiro atoms. The van der Waals surface area contributed by atoms with Gasteiger partial charge in [-0.05, 0) is 37.2 Å². The van der Waals surface area contributed by atoms with Gasteiger partial charge >= 0.3 is 0 Å². The SMILES string of the molecule is CCC1CCC(NC(=O)[C@@H](N)c2ccccc2)CC1. The summed E-state index contributed by atoms with van der Waals surface area (Å²) in [4.78, 5) is 12.1. The van der Waals surface area contributed by atoms with Crippen LogP contribution in [0.25, 0.3) is 0 Å². The van der Waals surface area contributed by atoms with Crippen LogP contribution in [0.4, 0.5) is 0 Å². The Kier molecular flexibility index (Phi) is 4.97.